The lowest BCUT2D eigenvalue weighted by Crippen LogP contribution is -2.38. The van der Waals surface area contributed by atoms with E-state index in [9.17, 15) is 4.79 Å². The standard InChI is InChI=1S/C25H31N5O3S/c1-32-21-10-8-20(9-11-21)24-27-25(29-28-24)34-22(19-6-3-2-4-7-19)18-23(31)26-12-5-13-30-14-16-33-17-15-30/h2-4,6-11,22H,5,12-18H2,1H3,(H,26,31)(H,27,28,29)/t22-/m0/s1. The summed E-state index contributed by atoms with van der Waals surface area (Å²) in [5, 5.41) is 11.0. The molecule has 1 aliphatic rings. The molecule has 1 amide bonds. The van der Waals surface area contributed by atoms with Crippen molar-refractivity contribution >= 4 is 17.7 Å². The first-order valence-corrected chi connectivity index (χ1v) is 12.4. The fourth-order valence-corrected chi connectivity index (χ4v) is 4.82. The van der Waals surface area contributed by atoms with E-state index in [0.717, 1.165) is 56.1 Å². The SMILES string of the molecule is COc1ccc(-c2nc(S[C@@H](CC(=O)NCCCN3CCOCC3)c3ccccc3)n[nH]2)cc1. The van der Waals surface area contributed by atoms with Crippen LogP contribution in [0.2, 0.25) is 0 Å². The molecule has 1 atom stereocenters. The molecule has 0 aliphatic carbocycles. The quantitative estimate of drug-likeness (QED) is 0.320. The van der Waals surface area contributed by atoms with E-state index < -0.39 is 0 Å². The molecule has 34 heavy (non-hydrogen) atoms. The molecule has 2 heterocycles. The fourth-order valence-electron chi connectivity index (χ4n) is 3.80. The minimum Gasteiger partial charge on any atom is -0.497 e. The molecular formula is C25H31N5O3S. The van der Waals surface area contributed by atoms with E-state index in [1.54, 1.807) is 7.11 Å². The summed E-state index contributed by atoms with van der Waals surface area (Å²) >= 11 is 1.49. The highest BCUT2D eigenvalue weighted by Crippen LogP contribution is 2.36. The minimum atomic E-state index is -0.0834. The Kier molecular flexibility index (Phi) is 8.95. The van der Waals surface area contributed by atoms with Crippen molar-refractivity contribution in [1.29, 1.82) is 0 Å². The van der Waals surface area contributed by atoms with Crippen LogP contribution >= 0.6 is 11.8 Å². The monoisotopic (exact) mass is 481 g/mol. The van der Waals surface area contributed by atoms with E-state index >= 15 is 0 Å². The number of rotatable bonds is 11. The van der Waals surface area contributed by atoms with Gasteiger partial charge < -0.3 is 14.8 Å². The van der Waals surface area contributed by atoms with Crippen molar-refractivity contribution in [2.24, 2.45) is 0 Å². The first-order valence-electron chi connectivity index (χ1n) is 11.6. The molecule has 0 unspecified atom stereocenters. The largest absolute Gasteiger partial charge is 0.497 e. The zero-order valence-corrected chi connectivity index (χ0v) is 20.2. The second-order valence-corrected chi connectivity index (χ2v) is 9.24. The highest BCUT2D eigenvalue weighted by atomic mass is 32.2. The van der Waals surface area contributed by atoms with Crippen molar-refractivity contribution in [3.8, 4) is 17.1 Å². The molecule has 1 aromatic heterocycles. The van der Waals surface area contributed by atoms with Gasteiger partial charge in [-0.15, -0.1) is 5.10 Å². The molecule has 180 valence electrons. The van der Waals surface area contributed by atoms with Crippen LogP contribution in [0.15, 0.2) is 59.8 Å². The fraction of sp³-hybridized carbons (Fsp3) is 0.400. The van der Waals surface area contributed by atoms with Gasteiger partial charge in [0.2, 0.25) is 11.1 Å². The van der Waals surface area contributed by atoms with E-state index in [2.05, 4.69) is 25.4 Å². The number of thioether (sulfide) groups is 1. The third kappa shape index (κ3) is 7.06. The highest BCUT2D eigenvalue weighted by molar-refractivity contribution is 7.99. The van der Waals surface area contributed by atoms with Gasteiger partial charge in [-0.25, -0.2) is 4.98 Å². The zero-order chi connectivity index (χ0) is 23.6. The smallest absolute Gasteiger partial charge is 0.221 e. The molecule has 8 nitrogen and oxygen atoms in total. The van der Waals surface area contributed by atoms with Gasteiger partial charge in [-0.05, 0) is 42.8 Å². The van der Waals surface area contributed by atoms with Crippen LogP contribution < -0.4 is 10.1 Å². The molecule has 4 rings (SSSR count). The van der Waals surface area contributed by atoms with Gasteiger partial charge in [-0.3, -0.25) is 14.8 Å². The number of amides is 1. The summed E-state index contributed by atoms with van der Waals surface area (Å²) in [6, 6.07) is 17.7. The van der Waals surface area contributed by atoms with Gasteiger partial charge in [-0.2, -0.15) is 0 Å². The molecule has 1 fully saturated rings. The Morgan fingerprint density at radius 3 is 2.68 bits per heavy atom. The summed E-state index contributed by atoms with van der Waals surface area (Å²) < 4.78 is 10.6. The van der Waals surface area contributed by atoms with Crippen LogP contribution in [0.3, 0.4) is 0 Å². The van der Waals surface area contributed by atoms with Crippen LogP contribution in [0.4, 0.5) is 0 Å². The summed E-state index contributed by atoms with van der Waals surface area (Å²) in [4.78, 5) is 19.8. The number of morpholine rings is 1. The number of carbonyl (C=O) groups excluding carboxylic acids is 1. The number of ether oxygens (including phenoxy) is 2. The number of aromatic nitrogens is 3. The van der Waals surface area contributed by atoms with Gasteiger partial charge in [0, 0.05) is 36.9 Å². The average molecular weight is 482 g/mol. The second-order valence-electron chi connectivity index (χ2n) is 8.07. The topological polar surface area (TPSA) is 92.4 Å². The summed E-state index contributed by atoms with van der Waals surface area (Å²) in [7, 11) is 1.64. The molecule has 0 radical (unpaired) electrons. The molecule has 2 N–H and O–H groups in total. The van der Waals surface area contributed by atoms with Gasteiger partial charge in [-0.1, -0.05) is 42.1 Å². The number of benzene rings is 2. The Morgan fingerprint density at radius 1 is 1.18 bits per heavy atom. The lowest BCUT2D eigenvalue weighted by molar-refractivity contribution is -0.121. The number of hydrogen-bond acceptors (Lipinski definition) is 7. The summed E-state index contributed by atoms with van der Waals surface area (Å²) in [5.74, 6) is 1.51. The van der Waals surface area contributed by atoms with Gasteiger partial charge >= 0.3 is 0 Å². The van der Waals surface area contributed by atoms with Crippen LogP contribution in [0, 0.1) is 0 Å². The number of carbonyl (C=O) groups is 1. The van der Waals surface area contributed by atoms with E-state index in [0.29, 0.717) is 23.9 Å². The van der Waals surface area contributed by atoms with Crippen molar-refractivity contribution in [3.63, 3.8) is 0 Å². The molecule has 0 bridgehead atoms. The Labute approximate surface area is 204 Å². The average Bonchev–Trinajstić information content (AvgIpc) is 3.36. The van der Waals surface area contributed by atoms with Crippen LogP contribution in [-0.4, -0.2) is 72.5 Å². The van der Waals surface area contributed by atoms with Crippen molar-refractivity contribution in [1.82, 2.24) is 25.4 Å². The molecule has 9 heteroatoms. The van der Waals surface area contributed by atoms with E-state index in [4.69, 9.17) is 9.47 Å². The number of hydrogen-bond donors (Lipinski definition) is 2. The second kappa shape index (κ2) is 12.5. The molecular weight excluding hydrogens is 450 g/mol. The first-order chi connectivity index (χ1) is 16.7. The summed E-state index contributed by atoms with van der Waals surface area (Å²) in [6.07, 6.45) is 1.29. The van der Waals surface area contributed by atoms with Crippen molar-refractivity contribution in [2.45, 2.75) is 23.2 Å². The lowest BCUT2D eigenvalue weighted by atomic mass is 10.1. The van der Waals surface area contributed by atoms with Crippen molar-refractivity contribution in [2.75, 3.05) is 46.5 Å². The third-order valence-corrected chi connectivity index (χ3v) is 6.81. The zero-order valence-electron chi connectivity index (χ0n) is 19.4. The van der Waals surface area contributed by atoms with Crippen LogP contribution in [-0.2, 0) is 9.53 Å². The maximum atomic E-state index is 12.7. The third-order valence-electron chi connectivity index (χ3n) is 5.70. The van der Waals surface area contributed by atoms with Crippen LogP contribution in [0.5, 0.6) is 5.75 Å². The number of H-pyrrole nitrogens is 1. The van der Waals surface area contributed by atoms with Gasteiger partial charge in [0.25, 0.3) is 0 Å². The van der Waals surface area contributed by atoms with Crippen LogP contribution in [0.1, 0.15) is 23.7 Å². The molecule has 1 aliphatic heterocycles. The van der Waals surface area contributed by atoms with E-state index in [1.165, 1.54) is 11.8 Å². The maximum Gasteiger partial charge on any atom is 0.221 e. The Balaban J connectivity index is 1.34. The first kappa shape index (κ1) is 24.3. The summed E-state index contributed by atoms with van der Waals surface area (Å²) in [5.41, 5.74) is 2.00. The van der Waals surface area contributed by atoms with E-state index in [-0.39, 0.29) is 11.2 Å². The number of nitrogens with one attached hydrogen (secondary N) is 2. The lowest BCUT2D eigenvalue weighted by Gasteiger charge is -2.26. The van der Waals surface area contributed by atoms with Gasteiger partial charge in [0.1, 0.15) is 5.75 Å². The van der Waals surface area contributed by atoms with Crippen molar-refractivity contribution in [3.05, 3.63) is 60.2 Å². The van der Waals surface area contributed by atoms with Gasteiger partial charge in [0.15, 0.2) is 5.82 Å². The Bertz CT molecular complexity index is 1020. The molecule has 0 spiro atoms. The highest BCUT2D eigenvalue weighted by Gasteiger charge is 2.20. The van der Waals surface area contributed by atoms with Crippen molar-refractivity contribution < 1.29 is 14.3 Å². The molecule has 1 saturated heterocycles. The number of methoxy groups -OCH3 is 1. The maximum absolute atomic E-state index is 12.7. The Morgan fingerprint density at radius 2 is 1.94 bits per heavy atom. The predicted molar refractivity (Wildman–Crippen MR) is 133 cm³/mol. The number of aromatic amines is 1. The van der Waals surface area contributed by atoms with Crippen LogP contribution in [0.25, 0.3) is 11.4 Å². The number of nitrogens with zero attached hydrogens (tertiary/aromatic N) is 3. The summed E-state index contributed by atoms with van der Waals surface area (Å²) in [6.45, 7) is 5.18. The molecule has 2 aromatic carbocycles. The minimum absolute atomic E-state index is 0.0363. The predicted octanol–water partition coefficient (Wildman–Crippen LogP) is 3.54. The molecule has 3 aromatic rings. The van der Waals surface area contributed by atoms with Gasteiger partial charge in [0.05, 0.1) is 20.3 Å². The normalized spacial score (nSPS) is 15.1. The van der Waals surface area contributed by atoms with E-state index in [1.807, 2.05) is 54.6 Å². The Hall–Kier alpha value is -2.88. The molecule has 0 saturated carbocycles.